The van der Waals surface area contributed by atoms with Gasteiger partial charge in [0.2, 0.25) is 5.75 Å². The van der Waals surface area contributed by atoms with Gasteiger partial charge in [-0.15, -0.1) is 0 Å². The molecule has 0 aliphatic carbocycles. The highest BCUT2D eigenvalue weighted by atomic mass is 19.4. The number of halogens is 3. The normalized spacial score (nSPS) is 11.5. The Hall–Kier alpha value is -5.47. The highest BCUT2D eigenvalue weighted by Gasteiger charge is 2.42. The number of amidine groups is 1. The molecule has 3 rings (SSSR count). The Balaban J connectivity index is 2.03. The number of esters is 1. The van der Waals surface area contributed by atoms with Crippen molar-refractivity contribution in [2.75, 3.05) is 25.0 Å². The number of amides is 1. The SMILES string of the molecule is COc1cc(C(Nc2ccc(C(=N)N)cc2)C(=O)NNc2ccccc2C(=O)O)cc(OC)c1OC(=O)C(F)(F)F. The quantitative estimate of drug-likeness (QED) is 0.0650. The standard InChI is InChI=1S/C26H24F3N5O7/c1-39-18-11-14(12-19(40-2)21(18)41-25(38)26(27,28)29)20(32-15-9-7-13(8-10-15)22(30)31)23(35)34-33-17-6-4-3-5-16(17)24(36)37/h3-12,20,32-33H,1-2H3,(H3,30,31)(H,34,35)(H,36,37). The molecular weight excluding hydrogens is 551 g/mol. The first-order valence-electron chi connectivity index (χ1n) is 11.5. The number of nitrogens with one attached hydrogen (secondary N) is 4. The van der Waals surface area contributed by atoms with Crippen LogP contribution in [0.2, 0.25) is 0 Å². The van der Waals surface area contributed by atoms with Crippen LogP contribution < -0.4 is 36.1 Å². The lowest BCUT2D eigenvalue weighted by Gasteiger charge is -2.23. The molecule has 0 saturated heterocycles. The molecule has 15 heteroatoms. The molecule has 0 spiro atoms. The lowest BCUT2D eigenvalue weighted by atomic mass is 10.0. The maximum atomic E-state index is 13.4. The number of carboxylic acid groups (broad SMARTS) is 1. The summed E-state index contributed by atoms with van der Waals surface area (Å²) in [6.45, 7) is 0. The number of hydrazine groups is 1. The number of anilines is 2. The fraction of sp³-hybridized carbons (Fsp3) is 0.154. The van der Waals surface area contributed by atoms with E-state index in [9.17, 15) is 32.7 Å². The summed E-state index contributed by atoms with van der Waals surface area (Å²) in [6, 6.07) is 12.9. The van der Waals surface area contributed by atoms with E-state index in [2.05, 4.69) is 20.9 Å². The molecule has 0 fully saturated rings. The molecule has 12 nitrogen and oxygen atoms in total. The van der Waals surface area contributed by atoms with Crippen LogP contribution in [0.5, 0.6) is 17.2 Å². The van der Waals surface area contributed by atoms with Crippen LogP contribution in [0.4, 0.5) is 24.5 Å². The van der Waals surface area contributed by atoms with Crippen molar-refractivity contribution < 1.29 is 46.9 Å². The molecule has 3 aromatic carbocycles. The number of carbonyl (C=O) groups excluding carboxylic acids is 2. The Morgan fingerprint density at radius 2 is 1.56 bits per heavy atom. The molecule has 3 aromatic rings. The van der Waals surface area contributed by atoms with E-state index in [1.807, 2.05) is 0 Å². The summed E-state index contributed by atoms with van der Waals surface area (Å²) < 4.78 is 53.3. The van der Waals surface area contributed by atoms with Crippen LogP contribution in [0, 0.1) is 5.41 Å². The third-order valence-electron chi connectivity index (χ3n) is 5.49. The molecule has 0 aromatic heterocycles. The number of rotatable bonds is 11. The third kappa shape index (κ3) is 7.35. The van der Waals surface area contributed by atoms with Crippen LogP contribution in [-0.2, 0) is 9.59 Å². The van der Waals surface area contributed by atoms with Crippen molar-refractivity contribution in [2.24, 2.45) is 5.73 Å². The first-order chi connectivity index (χ1) is 19.3. The van der Waals surface area contributed by atoms with E-state index in [4.69, 9.17) is 20.6 Å². The number of hydrogen-bond donors (Lipinski definition) is 6. The maximum absolute atomic E-state index is 13.4. The van der Waals surface area contributed by atoms with Crippen molar-refractivity contribution >= 4 is 35.1 Å². The van der Waals surface area contributed by atoms with Gasteiger partial charge in [-0.05, 0) is 54.1 Å². The van der Waals surface area contributed by atoms with Gasteiger partial charge in [0, 0.05) is 11.3 Å². The summed E-state index contributed by atoms with van der Waals surface area (Å²) in [5, 5.41) is 19.9. The second kappa shape index (κ2) is 12.6. The molecule has 1 atom stereocenters. The Labute approximate surface area is 230 Å². The van der Waals surface area contributed by atoms with E-state index in [1.165, 1.54) is 42.5 Å². The monoisotopic (exact) mass is 575 g/mol. The number of benzene rings is 3. The van der Waals surface area contributed by atoms with Crippen molar-refractivity contribution in [3.8, 4) is 17.2 Å². The van der Waals surface area contributed by atoms with Crippen molar-refractivity contribution in [3.63, 3.8) is 0 Å². The predicted octanol–water partition coefficient (Wildman–Crippen LogP) is 3.45. The number of ether oxygens (including phenoxy) is 3. The number of methoxy groups -OCH3 is 2. The number of hydrogen-bond acceptors (Lipinski definition) is 9. The van der Waals surface area contributed by atoms with Crippen molar-refractivity contribution in [2.45, 2.75) is 12.2 Å². The van der Waals surface area contributed by atoms with E-state index in [-0.39, 0.29) is 34.1 Å². The predicted molar refractivity (Wildman–Crippen MR) is 140 cm³/mol. The Kier molecular flexibility index (Phi) is 9.24. The van der Waals surface area contributed by atoms with Crippen molar-refractivity contribution in [1.29, 1.82) is 5.41 Å². The van der Waals surface area contributed by atoms with Crippen LogP contribution in [0.25, 0.3) is 0 Å². The number of aromatic carboxylic acids is 1. The van der Waals surface area contributed by atoms with Crippen LogP contribution in [0.1, 0.15) is 27.5 Å². The fourth-order valence-corrected chi connectivity index (χ4v) is 3.51. The molecule has 7 N–H and O–H groups in total. The third-order valence-corrected chi connectivity index (χ3v) is 5.49. The second-order valence-corrected chi connectivity index (χ2v) is 8.18. The maximum Gasteiger partial charge on any atom is 0.491 e. The highest BCUT2D eigenvalue weighted by molar-refractivity contribution is 5.96. The summed E-state index contributed by atoms with van der Waals surface area (Å²) in [6.07, 6.45) is -5.30. The number of carboxylic acids is 1. The summed E-state index contributed by atoms with van der Waals surface area (Å²) in [5.74, 6) is -6.10. The average molecular weight is 576 g/mol. The van der Waals surface area contributed by atoms with E-state index in [0.29, 0.717) is 11.3 Å². The van der Waals surface area contributed by atoms with Gasteiger partial charge >= 0.3 is 18.1 Å². The van der Waals surface area contributed by atoms with Crippen LogP contribution in [0.3, 0.4) is 0 Å². The molecule has 41 heavy (non-hydrogen) atoms. The van der Waals surface area contributed by atoms with Gasteiger partial charge in [-0.25, -0.2) is 9.59 Å². The topological polar surface area (TPSA) is 185 Å². The average Bonchev–Trinajstić information content (AvgIpc) is 2.94. The van der Waals surface area contributed by atoms with Gasteiger partial charge in [0.15, 0.2) is 11.5 Å². The molecule has 1 unspecified atom stereocenters. The Morgan fingerprint density at radius 1 is 0.976 bits per heavy atom. The lowest BCUT2D eigenvalue weighted by molar-refractivity contribution is -0.189. The first kappa shape index (κ1) is 30.1. The zero-order valence-electron chi connectivity index (χ0n) is 21.5. The van der Waals surface area contributed by atoms with Crippen LogP contribution in [0.15, 0.2) is 60.7 Å². The lowest BCUT2D eigenvalue weighted by Crippen LogP contribution is -2.37. The number of nitrogen functional groups attached to an aromatic ring is 1. The minimum atomic E-state index is -5.30. The molecule has 0 aliphatic rings. The van der Waals surface area contributed by atoms with E-state index >= 15 is 0 Å². The van der Waals surface area contributed by atoms with E-state index in [1.54, 1.807) is 6.07 Å². The molecule has 0 aliphatic heterocycles. The summed E-state index contributed by atoms with van der Waals surface area (Å²) in [5.41, 5.74) is 11.2. The molecule has 0 heterocycles. The summed E-state index contributed by atoms with van der Waals surface area (Å²) >= 11 is 0. The summed E-state index contributed by atoms with van der Waals surface area (Å²) in [4.78, 5) is 36.4. The van der Waals surface area contributed by atoms with Gasteiger partial charge in [0.1, 0.15) is 11.9 Å². The van der Waals surface area contributed by atoms with Crippen LogP contribution in [-0.4, -0.2) is 49.2 Å². The molecule has 1 amide bonds. The van der Waals surface area contributed by atoms with Gasteiger partial charge in [-0.3, -0.25) is 21.1 Å². The van der Waals surface area contributed by atoms with Crippen molar-refractivity contribution in [1.82, 2.24) is 5.43 Å². The largest absolute Gasteiger partial charge is 0.493 e. The number of carbonyl (C=O) groups is 3. The minimum Gasteiger partial charge on any atom is -0.493 e. The van der Waals surface area contributed by atoms with Gasteiger partial charge in [0.05, 0.1) is 25.5 Å². The Morgan fingerprint density at radius 3 is 2.07 bits per heavy atom. The zero-order valence-corrected chi connectivity index (χ0v) is 21.5. The van der Waals surface area contributed by atoms with Gasteiger partial charge in [-0.1, -0.05) is 12.1 Å². The first-order valence-corrected chi connectivity index (χ1v) is 11.5. The fourth-order valence-electron chi connectivity index (χ4n) is 3.51. The van der Waals surface area contributed by atoms with E-state index < -0.39 is 35.8 Å². The second-order valence-electron chi connectivity index (χ2n) is 8.18. The van der Waals surface area contributed by atoms with Crippen LogP contribution >= 0.6 is 0 Å². The van der Waals surface area contributed by atoms with Gasteiger partial charge in [0.25, 0.3) is 5.91 Å². The molecule has 216 valence electrons. The van der Waals surface area contributed by atoms with E-state index in [0.717, 1.165) is 26.4 Å². The number of para-hydroxylation sites is 1. The smallest absolute Gasteiger partial charge is 0.491 e. The molecule has 0 radical (unpaired) electrons. The summed E-state index contributed by atoms with van der Waals surface area (Å²) in [7, 11) is 2.22. The number of alkyl halides is 3. The van der Waals surface area contributed by atoms with Crippen molar-refractivity contribution in [3.05, 3.63) is 77.4 Å². The highest BCUT2D eigenvalue weighted by Crippen LogP contribution is 2.41. The Bertz CT molecular complexity index is 1440. The molecule has 0 bridgehead atoms. The van der Waals surface area contributed by atoms with Gasteiger partial charge < -0.3 is 30.4 Å². The molecule has 0 saturated carbocycles. The number of nitrogens with two attached hydrogens (primary N) is 1. The zero-order chi connectivity index (χ0) is 30.3. The molecular formula is C26H24F3N5O7. The minimum absolute atomic E-state index is 0.0717. The van der Waals surface area contributed by atoms with Gasteiger partial charge in [-0.2, -0.15) is 13.2 Å².